The maximum atomic E-state index is 12.6. The zero-order valence-electron chi connectivity index (χ0n) is 12.6. The molecule has 1 saturated heterocycles. The van der Waals surface area contributed by atoms with Gasteiger partial charge in [0, 0.05) is 0 Å². The van der Waals surface area contributed by atoms with Crippen LogP contribution in [0.3, 0.4) is 0 Å². The third-order valence-electron chi connectivity index (χ3n) is 4.04. The molecular weight excluding hydrogens is 325 g/mol. The molecule has 0 aromatic heterocycles. The van der Waals surface area contributed by atoms with Crippen molar-refractivity contribution < 1.29 is 35.2 Å². The molecule has 0 unspecified atom stereocenters. The van der Waals surface area contributed by atoms with Crippen LogP contribution in [-0.2, 0) is 23.8 Å². The van der Waals surface area contributed by atoms with E-state index >= 15 is 0 Å². The van der Waals surface area contributed by atoms with Gasteiger partial charge in [0.1, 0.15) is 5.76 Å². The van der Waals surface area contributed by atoms with Gasteiger partial charge in [-0.05, 0) is 31.3 Å². The Bertz CT molecular complexity index is 561. The average molecular weight is 344 g/mol. The number of rotatable bonds is 4. The highest BCUT2D eigenvalue weighted by Gasteiger charge is 2.55. The van der Waals surface area contributed by atoms with Crippen LogP contribution in [0.15, 0.2) is 11.3 Å². The lowest BCUT2D eigenvalue weighted by atomic mass is 9.87. The van der Waals surface area contributed by atoms with Gasteiger partial charge in [-0.2, -0.15) is 21.6 Å². The number of halogens is 3. The Morgan fingerprint density at radius 1 is 1.27 bits per heavy atom. The minimum Gasteiger partial charge on any atom is -0.380 e. The Balaban J connectivity index is 2.42. The molecule has 0 aromatic rings. The molecule has 5 nitrogen and oxygen atoms in total. The van der Waals surface area contributed by atoms with Crippen molar-refractivity contribution in [2.24, 2.45) is 11.3 Å². The highest BCUT2D eigenvalue weighted by atomic mass is 32.2. The summed E-state index contributed by atoms with van der Waals surface area (Å²) in [6.07, 6.45) is 0.0516. The first kappa shape index (κ1) is 17.6. The minimum absolute atomic E-state index is 0.137. The molecule has 1 aliphatic heterocycles. The summed E-state index contributed by atoms with van der Waals surface area (Å²) in [6.45, 7) is 5.80. The Morgan fingerprint density at radius 3 is 2.27 bits per heavy atom. The first-order valence-electron chi connectivity index (χ1n) is 6.96. The van der Waals surface area contributed by atoms with Crippen LogP contribution >= 0.6 is 0 Å². The summed E-state index contributed by atoms with van der Waals surface area (Å²) >= 11 is 0. The van der Waals surface area contributed by atoms with Gasteiger partial charge in [0.25, 0.3) is 0 Å². The number of allylic oxidation sites excluding steroid dienone is 1. The molecule has 0 N–H and O–H groups in total. The van der Waals surface area contributed by atoms with Gasteiger partial charge in [0.15, 0.2) is 6.29 Å². The average Bonchev–Trinajstić information content (AvgIpc) is 2.97. The minimum atomic E-state index is -5.72. The van der Waals surface area contributed by atoms with Crippen LogP contribution in [-0.4, -0.2) is 33.4 Å². The second-order valence-corrected chi connectivity index (χ2v) is 7.52. The van der Waals surface area contributed by atoms with E-state index in [4.69, 9.17) is 9.47 Å². The van der Waals surface area contributed by atoms with E-state index in [1.54, 1.807) is 20.8 Å². The second kappa shape index (κ2) is 5.68. The molecule has 128 valence electrons. The Kier molecular flexibility index (Phi) is 4.53. The monoisotopic (exact) mass is 344 g/mol. The van der Waals surface area contributed by atoms with Crippen molar-refractivity contribution in [3.8, 4) is 0 Å². The van der Waals surface area contributed by atoms with Gasteiger partial charge in [0.05, 0.1) is 18.6 Å². The van der Waals surface area contributed by atoms with Crippen LogP contribution in [0.5, 0.6) is 0 Å². The van der Waals surface area contributed by atoms with Crippen LogP contribution in [0.25, 0.3) is 0 Å². The zero-order valence-corrected chi connectivity index (χ0v) is 13.4. The van der Waals surface area contributed by atoms with Crippen molar-refractivity contribution in [2.45, 2.75) is 45.4 Å². The Labute approximate surface area is 127 Å². The molecule has 0 aromatic carbocycles. The lowest BCUT2D eigenvalue weighted by molar-refractivity contribution is -0.121. The molecule has 2 rings (SSSR count). The smallest absolute Gasteiger partial charge is 0.380 e. The topological polar surface area (TPSA) is 61.8 Å². The largest absolute Gasteiger partial charge is 0.534 e. The predicted octanol–water partition coefficient (Wildman–Crippen LogP) is 2.94. The number of alkyl halides is 3. The second-order valence-electron chi connectivity index (χ2n) is 5.98. The van der Waals surface area contributed by atoms with Gasteiger partial charge in [0.2, 0.25) is 0 Å². The summed E-state index contributed by atoms with van der Waals surface area (Å²) in [7, 11) is -5.72. The molecule has 0 saturated carbocycles. The van der Waals surface area contributed by atoms with Crippen LogP contribution in [0, 0.1) is 11.3 Å². The van der Waals surface area contributed by atoms with Gasteiger partial charge in [-0.15, -0.1) is 0 Å². The molecule has 22 heavy (non-hydrogen) atoms. The van der Waals surface area contributed by atoms with E-state index in [1.165, 1.54) is 0 Å². The van der Waals surface area contributed by atoms with Gasteiger partial charge in [-0.3, -0.25) is 0 Å². The molecule has 1 aliphatic carbocycles. The molecule has 9 heteroatoms. The maximum Gasteiger partial charge on any atom is 0.534 e. The van der Waals surface area contributed by atoms with Gasteiger partial charge in [-0.25, -0.2) is 0 Å². The summed E-state index contributed by atoms with van der Waals surface area (Å²) in [5, 5.41) is 0. The quantitative estimate of drug-likeness (QED) is 0.580. The van der Waals surface area contributed by atoms with Crippen LogP contribution in [0.4, 0.5) is 13.2 Å². The van der Waals surface area contributed by atoms with Gasteiger partial charge >= 0.3 is 15.6 Å². The third-order valence-corrected chi connectivity index (χ3v) is 4.99. The van der Waals surface area contributed by atoms with E-state index < -0.39 is 27.3 Å². The summed E-state index contributed by atoms with van der Waals surface area (Å²) in [5.74, 6) is -0.326. The Hall–Kier alpha value is -0.800. The number of hydrogen-bond donors (Lipinski definition) is 0. The molecule has 2 aliphatic rings. The molecule has 0 radical (unpaired) electrons. The molecule has 1 fully saturated rings. The molecule has 0 amide bonds. The molecule has 0 bridgehead atoms. The van der Waals surface area contributed by atoms with Crippen molar-refractivity contribution in [2.75, 3.05) is 13.2 Å². The fourth-order valence-corrected chi connectivity index (χ4v) is 3.41. The summed E-state index contributed by atoms with van der Waals surface area (Å²) in [5.41, 5.74) is -5.97. The standard InChI is InChI=1S/C13H19F3O5S/c1-8(2)9-4-5-12(3,11-19-6-7-20-11)10(9)21-22(17,18)13(14,15)16/h8,11H,4-7H2,1-3H3/t12-/m1/s1. The van der Waals surface area contributed by atoms with E-state index in [9.17, 15) is 21.6 Å². The Morgan fingerprint density at radius 2 is 1.82 bits per heavy atom. The lowest BCUT2D eigenvalue weighted by Gasteiger charge is -2.32. The lowest BCUT2D eigenvalue weighted by Crippen LogP contribution is -2.36. The fraction of sp³-hybridized carbons (Fsp3) is 0.846. The van der Waals surface area contributed by atoms with Crippen molar-refractivity contribution in [1.29, 1.82) is 0 Å². The van der Waals surface area contributed by atoms with Crippen molar-refractivity contribution >= 4 is 10.1 Å². The van der Waals surface area contributed by atoms with E-state index in [0.717, 1.165) is 0 Å². The predicted molar refractivity (Wildman–Crippen MR) is 71.0 cm³/mol. The van der Waals surface area contributed by atoms with E-state index in [-0.39, 0.29) is 11.7 Å². The molecule has 1 atom stereocenters. The maximum absolute atomic E-state index is 12.6. The van der Waals surface area contributed by atoms with Gasteiger partial charge < -0.3 is 13.7 Å². The van der Waals surface area contributed by atoms with Gasteiger partial charge in [-0.1, -0.05) is 13.8 Å². The first-order valence-corrected chi connectivity index (χ1v) is 8.37. The zero-order chi connectivity index (χ0) is 16.8. The fourth-order valence-electron chi connectivity index (χ4n) is 2.80. The van der Waals surface area contributed by atoms with Crippen molar-refractivity contribution in [3.05, 3.63) is 11.3 Å². The molecular formula is C13H19F3O5S. The van der Waals surface area contributed by atoms with E-state index in [0.29, 0.717) is 31.6 Å². The highest BCUT2D eigenvalue weighted by molar-refractivity contribution is 7.87. The van der Waals surface area contributed by atoms with Crippen LogP contribution < -0.4 is 0 Å². The van der Waals surface area contributed by atoms with Crippen LogP contribution in [0.2, 0.25) is 0 Å². The number of hydrogen-bond acceptors (Lipinski definition) is 5. The van der Waals surface area contributed by atoms with E-state index in [2.05, 4.69) is 4.18 Å². The molecule has 0 spiro atoms. The van der Waals surface area contributed by atoms with Crippen molar-refractivity contribution in [3.63, 3.8) is 0 Å². The third kappa shape index (κ3) is 2.98. The van der Waals surface area contributed by atoms with E-state index in [1.807, 2.05) is 0 Å². The summed E-state index contributed by atoms with van der Waals surface area (Å²) in [4.78, 5) is 0. The van der Waals surface area contributed by atoms with Crippen molar-refractivity contribution in [1.82, 2.24) is 0 Å². The summed E-state index contributed by atoms with van der Waals surface area (Å²) in [6, 6.07) is 0. The summed E-state index contributed by atoms with van der Waals surface area (Å²) < 4.78 is 76.1. The molecule has 1 heterocycles. The first-order chi connectivity index (χ1) is 9.99. The highest BCUT2D eigenvalue weighted by Crippen LogP contribution is 2.51. The van der Waals surface area contributed by atoms with Crippen LogP contribution in [0.1, 0.15) is 33.6 Å². The normalized spacial score (nSPS) is 28.0. The number of ether oxygens (including phenoxy) is 2. The SMILES string of the molecule is CC(C)C1=C(OS(=O)(=O)C(F)(F)F)[C@](C)(C2OCCO2)CC1.